The Morgan fingerprint density at radius 3 is 2.80 bits per heavy atom. The normalized spacial score (nSPS) is 22.6. The molecule has 0 fully saturated rings. The molecule has 15 heavy (non-hydrogen) atoms. The molecule has 0 saturated carbocycles. The Morgan fingerprint density at radius 2 is 2.13 bits per heavy atom. The van der Waals surface area contributed by atoms with E-state index < -0.39 is 0 Å². The molecule has 1 aromatic carbocycles. The van der Waals surface area contributed by atoms with E-state index in [4.69, 9.17) is 9.94 Å². The summed E-state index contributed by atoms with van der Waals surface area (Å²) in [6, 6.07) is 7.68. The standard InChI is InChI=1S/C12H15NO2/c1-8(2)12-7-10(13-14)9-5-3-4-6-11(9)15-12/h3-6,8,12,14H,7H2,1-2H3/b13-10+. The number of rotatable bonds is 1. The van der Waals surface area contributed by atoms with Crippen LogP contribution in [-0.4, -0.2) is 17.0 Å². The minimum Gasteiger partial charge on any atom is -0.489 e. The van der Waals surface area contributed by atoms with E-state index in [1.165, 1.54) is 0 Å². The van der Waals surface area contributed by atoms with Crippen LogP contribution in [-0.2, 0) is 0 Å². The van der Waals surface area contributed by atoms with Crippen molar-refractivity contribution in [2.45, 2.75) is 26.4 Å². The number of hydrogen-bond donors (Lipinski definition) is 1. The second-order valence-corrected chi connectivity index (χ2v) is 4.15. The van der Waals surface area contributed by atoms with E-state index in [0.29, 0.717) is 12.3 Å². The molecule has 1 aliphatic rings. The minimum atomic E-state index is 0.103. The number of oxime groups is 1. The van der Waals surface area contributed by atoms with Crippen LogP contribution in [0.2, 0.25) is 0 Å². The zero-order valence-electron chi connectivity index (χ0n) is 8.97. The number of ether oxygens (including phenoxy) is 1. The van der Waals surface area contributed by atoms with E-state index in [0.717, 1.165) is 17.0 Å². The summed E-state index contributed by atoms with van der Waals surface area (Å²) in [5.74, 6) is 1.23. The smallest absolute Gasteiger partial charge is 0.128 e. The monoisotopic (exact) mass is 205 g/mol. The molecule has 1 unspecified atom stereocenters. The molecule has 1 aromatic rings. The third kappa shape index (κ3) is 1.82. The third-order valence-electron chi connectivity index (χ3n) is 2.74. The van der Waals surface area contributed by atoms with Crippen LogP contribution in [0.4, 0.5) is 0 Å². The van der Waals surface area contributed by atoms with Crippen molar-refractivity contribution in [1.29, 1.82) is 0 Å². The highest BCUT2D eigenvalue weighted by atomic mass is 16.5. The number of hydrogen-bond acceptors (Lipinski definition) is 3. The van der Waals surface area contributed by atoms with Crippen LogP contribution in [0.25, 0.3) is 0 Å². The van der Waals surface area contributed by atoms with Gasteiger partial charge in [-0.3, -0.25) is 0 Å². The van der Waals surface area contributed by atoms with E-state index >= 15 is 0 Å². The molecule has 3 heteroatoms. The molecule has 80 valence electrons. The predicted molar refractivity (Wildman–Crippen MR) is 58.6 cm³/mol. The molecule has 1 aliphatic heterocycles. The average Bonchev–Trinajstić information content (AvgIpc) is 2.27. The summed E-state index contributed by atoms with van der Waals surface area (Å²) in [4.78, 5) is 0. The fourth-order valence-electron chi connectivity index (χ4n) is 1.78. The van der Waals surface area contributed by atoms with Crippen molar-refractivity contribution in [1.82, 2.24) is 0 Å². The Labute approximate surface area is 89.4 Å². The van der Waals surface area contributed by atoms with Gasteiger partial charge in [0.2, 0.25) is 0 Å². The molecule has 0 radical (unpaired) electrons. The van der Waals surface area contributed by atoms with Gasteiger partial charge < -0.3 is 9.94 Å². The summed E-state index contributed by atoms with van der Waals surface area (Å²) in [7, 11) is 0. The summed E-state index contributed by atoms with van der Waals surface area (Å²) in [6.07, 6.45) is 0.774. The SMILES string of the molecule is CC(C)C1C/C(=N\O)c2ccccc2O1. The van der Waals surface area contributed by atoms with E-state index in [1.807, 2.05) is 24.3 Å². The van der Waals surface area contributed by atoms with Crippen molar-refractivity contribution >= 4 is 5.71 Å². The van der Waals surface area contributed by atoms with Crippen LogP contribution in [0.5, 0.6) is 5.75 Å². The molecule has 0 aromatic heterocycles. The van der Waals surface area contributed by atoms with Crippen LogP contribution in [0.3, 0.4) is 0 Å². The second-order valence-electron chi connectivity index (χ2n) is 4.15. The maximum Gasteiger partial charge on any atom is 0.128 e. The number of benzene rings is 1. The first-order valence-corrected chi connectivity index (χ1v) is 5.19. The van der Waals surface area contributed by atoms with Gasteiger partial charge >= 0.3 is 0 Å². The third-order valence-corrected chi connectivity index (χ3v) is 2.74. The molecule has 2 rings (SSSR count). The predicted octanol–water partition coefficient (Wildman–Crippen LogP) is 2.67. The van der Waals surface area contributed by atoms with Crippen LogP contribution >= 0.6 is 0 Å². The zero-order chi connectivity index (χ0) is 10.8. The summed E-state index contributed by atoms with van der Waals surface area (Å²) in [5, 5.41) is 12.3. The van der Waals surface area contributed by atoms with Crippen molar-refractivity contribution in [2.24, 2.45) is 11.1 Å². The number of fused-ring (bicyclic) bond motifs is 1. The largest absolute Gasteiger partial charge is 0.489 e. The van der Waals surface area contributed by atoms with Gasteiger partial charge in [0.15, 0.2) is 0 Å². The average molecular weight is 205 g/mol. The fraction of sp³-hybridized carbons (Fsp3) is 0.417. The molecule has 1 N–H and O–H groups in total. The zero-order valence-corrected chi connectivity index (χ0v) is 8.97. The topological polar surface area (TPSA) is 41.8 Å². The highest BCUT2D eigenvalue weighted by Crippen LogP contribution is 2.30. The van der Waals surface area contributed by atoms with E-state index in [2.05, 4.69) is 19.0 Å². The molecular weight excluding hydrogens is 190 g/mol. The Kier molecular flexibility index (Phi) is 2.62. The van der Waals surface area contributed by atoms with Gasteiger partial charge in [-0.05, 0) is 18.1 Å². The van der Waals surface area contributed by atoms with Crippen molar-refractivity contribution in [2.75, 3.05) is 0 Å². The molecule has 1 heterocycles. The Balaban J connectivity index is 2.39. The van der Waals surface area contributed by atoms with Gasteiger partial charge in [-0.2, -0.15) is 0 Å². The molecule has 0 bridgehead atoms. The van der Waals surface area contributed by atoms with Crippen LogP contribution in [0.15, 0.2) is 29.4 Å². The van der Waals surface area contributed by atoms with Gasteiger partial charge in [-0.25, -0.2) is 0 Å². The van der Waals surface area contributed by atoms with Crippen LogP contribution in [0.1, 0.15) is 25.8 Å². The van der Waals surface area contributed by atoms with E-state index in [9.17, 15) is 0 Å². The van der Waals surface area contributed by atoms with Crippen LogP contribution in [0, 0.1) is 5.92 Å². The fourth-order valence-corrected chi connectivity index (χ4v) is 1.78. The lowest BCUT2D eigenvalue weighted by Gasteiger charge is -2.29. The summed E-state index contributed by atoms with van der Waals surface area (Å²) in [6.45, 7) is 4.21. The lowest BCUT2D eigenvalue weighted by molar-refractivity contribution is 0.150. The molecule has 0 aliphatic carbocycles. The first-order valence-electron chi connectivity index (χ1n) is 5.19. The molecule has 0 amide bonds. The highest BCUT2D eigenvalue weighted by molar-refractivity contribution is 6.03. The highest BCUT2D eigenvalue weighted by Gasteiger charge is 2.26. The van der Waals surface area contributed by atoms with Gasteiger partial charge in [0, 0.05) is 12.0 Å². The van der Waals surface area contributed by atoms with Crippen molar-refractivity contribution < 1.29 is 9.94 Å². The second kappa shape index (κ2) is 3.93. The maximum atomic E-state index is 8.97. The van der Waals surface area contributed by atoms with E-state index in [-0.39, 0.29) is 6.10 Å². The summed E-state index contributed by atoms with van der Waals surface area (Å²) >= 11 is 0. The molecule has 3 nitrogen and oxygen atoms in total. The Morgan fingerprint density at radius 1 is 1.40 bits per heavy atom. The van der Waals surface area contributed by atoms with Crippen molar-refractivity contribution in [3.63, 3.8) is 0 Å². The first kappa shape index (κ1) is 10.0. The van der Waals surface area contributed by atoms with Gasteiger partial charge in [-0.1, -0.05) is 31.1 Å². The van der Waals surface area contributed by atoms with Gasteiger partial charge in [0.1, 0.15) is 11.9 Å². The first-order chi connectivity index (χ1) is 7.22. The molecule has 0 saturated heterocycles. The van der Waals surface area contributed by atoms with Gasteiger partial charge in [0.25, 0.3) is 0 Å². The summed E-state index contributed by atoms with van der Waals surface area (Å²) < 4.78 is 5.83. The van der Waals surface area contributed by atoms with Crippen LogP contribution < -0.4 is 4.74 Å². The molecule has 1 atom stereocenters. The Bertz CT molecular complexity index is 385. The quantitative estimate of drug-likeness (QED) is 0.565. The number of para-hydroxylation sites is 1. The number of nitrogens with zero attached hydrogens (tertiary/aromatic N) is 1. The maximum absolute atomic E-state index is 8.97. The van der Waals surface area contributed by atoms with Gasteiger partial charge in [0.05, 0.1) is 5.71 Å². The minimum absolute atomic E-state index is 0.103. The summed E-state index contributed by atoms with van der Waals surface area (Å²) in [5.41, 5.74) is 1.62. The van der Waals surface area contributed by atoms with Crippen molar-refractivity contribution in [3.05, 3.63) is 29.8 Å². The Hall–Kier alpha value is -1.51. The van der Waals surface area contributed by atoms with Crippen molar-refractivity contribution in [3.8, 4) is 5.75 Å². The van der Waals surface area contributed by atoms with E-state index in [1.54, 1.807) is 0 Å². The van der Waals surface area contributed by atoms with Gasteiger partial charge in [-0.15, -0.1) is 0 Å². The molecular formula is C12H15NO2. The lowest BCUT2D eigenvalue weighted by atomic mass is 9.94. The molecule has 0 spiro atoms. The lowest BCUT2D eigenvalue weighted by Crippen LogP contribution is -2.31.